The molecule has 0 bridgehead atoms. The van der Waals surface area contributed by atoms with Gasteiger partial charge in [-0.2, -0.15) is 0 Å². The first-order valence-corrected chi connectivity index (χ1v) is 12.0. The van der Waals surface area contributed by atoms with Crippen LogP contribution in [0, 0.1) is 11.2 Å². The summed E-state index contributed by atoms with van der Waals surface area (Å²) in [6, 6.07) is 11.5. The van der Waals surface area contributed by atoms with Crippen LogP contribution in [0.5, 0.6) is 0 Å². The number of halogens is 3. The number of amides is 2. The summed E-state index contributed by atoms with van der Waals surface area (Å²) in [5.74, 6) is -3.58. The number of nitrogens with two attached hydrogens (primary N) is 1. The number of carboxylic acid groups (broad SMARTS) is 1. The summed E-state index contributed by atoms with van der Waals surface area (Å²) in [6.45, 7) is -0.332. The summed E-state index contributed by atoms with van der Waals surface area (Å²) in [5, 5.41) is 10.3. The van der Waals surface area contributed by atoms with Crippen molar-refractivity contribution in [1.29, 1.82) is 0 Å². The normalized spacial score (nSPS) is 19.5. The monoisotopic (exact) mass is 543 g/mol. The fourth-order valence-electron chi connectivity index (χ4n) is 4.58. The second-order valence-corrected chi connectivity index (χ2v) is 10.0. The maximum absolute atomic E-state index is 15.8. The summed E-state index contributed by atoms with van der Waals surface area (Å²) in [4.78, 5) is 43.2. The maximum Gasteiger partial charge on any atom is 0.335 e. The fraction of sp³-hybridized carbons (Fsp3) is 0.231. The number of nitrogens with zero attached hydrogens (tertiary/aromatic N) is 2. The second-order valence-electron chi connectivity index (χ2n) is 9.13. The highest BCUT2D eigenvalue weighted by Crippen LogP contribution is 2.52. The van der Waals surface area contributed by atoms with Gasteiger partial charge >= 0.3 is 5.97 Å². The molecule has 0 radical (unpaired) electrons. The van der Waals surface area contributed by atoms with E-state index in [0.717, 1.165) is 12.1 Å². The quantitative estimate of drug-likeness (QED) is 0.435. The molecule has 1 aliphatic heterocycles. The first-order chi connectivity index (χ1) is 17.6. The SMILES string of the molecule is NC(=O)C1(CO[C@]2(c3ccc(Cl)cc3)c3c(F)cc(C(=O)O)cc3C(=O)N2Cc2ccc(Cl)cn2)CC1. The molecule has 2 aliphatic rings. The number of fused-ring (bicyclic) bond motifs is 1. The Bertz CT molecular complexity index is 1430. The van der Waals surface area contributed by atoms with Crippen LogP contribution in [0.4, 0.5) is 4.39 Å². The summed E-state index contributed by atoms with van der Waals surface area (Å²) >= 11 is 12.1. The summed E-state index contributed by atoms with van der Waals surface area (Å²) in [5.41, 5.74) is 2.83. The Labute approximate surface area is 220 Å². The molecule has 5 rings (SSSR count). The van der Waals surface area contributed by atoms with Crippen LogP contribution in [-0.2, 0) is 21.8 Å². The van der Waals surface area contributed by atoms with E-state index in [9.17, 15) is 19.5 Å². The Morgan fingerprint density at radius 2 is 1.78 bits per heavy atom. The number of rotatable bonds is 8. The molecule has 1 aliphatic carbocycles. The van der Waals surface area contributed by atoms with E-state index in [2.05, 4.69) is 4.98 Å². The number of carbonyl (C=O) groups excluding carboxylic acids is 2. The molecule has 1 fully saturated rings. The third-order valence-electron chi connectivity index (χ3n) is 6.81. The molecule has 11 heteroatoms. The minimum absolute atomic E-state index is 0.140. The fourth-order valence-corrected chi connectivity index (χ4v) is 4.81. The van der Waals surface area contributed by atoms with Gasteiger partial charge in [0, 0.05) is 16.8 Å². The predicted octanol–water partition coefficient (Wildman–Crippen LogP) is 4.36. The van der Waals surface area contributed by atoms with Gasteiger partial charge in [0.25, 0.3) is 5.91 Å². The van der Waals surface area contributed by atoms with Gasteiger partial charge in [-0.3, -0.25) is 19.5 Å². The highest BCUT2D eigenvalue weighted by atomic mass is 35.5. The lowest BCUT2D eigenvalue weighted by Crippen LogP contribution is -2.48. The average molecular weight is 544 g/mol. The number of aromatic carboxylic acids is 1. The van der Waals surface area contributed by atoms with Gasteiger partial charge in [0.2, 0.25) is 5.91 Å². The average Bonchev–Trinajstić information content (AvgIpc) is 3.62. The Balaban J connectivity index is 1.74. The van der Waals surface area contributed by atoms with Crippen LogP contribution in [0.15, 0.2) is 54.7 Å². The molecule has 2 aromatic carbocycles. The second kappa shape index (κ2) is 9.09. The third kappa shape index (κ3) is 4.22. The summed E-state index contributed by atoms with van der Waals surface area (Å²) in [6.07, 6.45) is 2.38. The van der Waals surface area contributed by atoms with E-state index >= 15 is 4.39 Å². The van der Waals surface area contributed by atoms with Crippen LogP contribution < -0.4 is 5.73 Å². The van der Waals surface area contributed by atoms with Gasteiger partial charge in [-0.05, 0) is 49.2 Å². The Kier molecular flexibility index (Phi) is 6.18. The first-order valence-electron chi connectivity index (χ1n) is 11.3. The number of primary amides is 1. The minimum atomic E-state index is -1.87. The zero-order valence-electron chi connectivity index (χ0n) is 19.2. The molecule has 2 heterocycles. The van der Waals surface area contributed by atoms with Crippen LogP contribution in [0.1, 0.15) is 50.4 Å². The third-order valence-corrected chi connectivity index (χ3v) is 7.29. The molecule has 1 atom stereocenters. The van der Waals surface area contributed by atoms with Gasteiger partial charge in [0.15, 0.2) is 5.72 Å². The first kappa shape index (κ1) is 25.1. The van der Waals surface area contributed by atoms with Crippen molar-refractivity contribution in [2.45, 2.75) is 25.1 Å². The van der Waals surface area contributed by atoms with Gasteiger partial charge in [-0.15, -0.1) is 0 Å². The van der Waals surface area contributed by atoms with Crippen molar-refractivity contribution in [3.63, 3.8) is 0 Å². The molecule has 3 N–H and O–H groups in total. The van der Waals surface area contributed by atoms with Crippen molar-refractivity contribution >= 4 is 41.0 Å². The van der Waals surface area contributed by atoms with Crippen LogP contribution in [0.3, 0.4) is 0 Å². The molecular weight excluding hydrogens is 524 g/mol. The predicted molar refractivity (Wildman–Crippen MR) is 132 cm³/mol. The van der Waals surface area contributed by atoms with Gasteiger partial charge < -0.3 is 15.6 Å². The van der Waals surface area contributed by atoms with E-state index < -0.39 is 40.3 Å². The largest absolute Gasteiger partial charge is 0.478 e. The number of carbonyl (C=O) groups is 3. The van der Waals surface area contributed by atoms with Gasteiger partial charge in [-0.1, -0.05) is 35.3 Å². The van der Waals surface area contributed by atoms with Crippen molar-refractivity contribution in [2.24, 2.45) is 11.1 Å². The number of hydrogen-bond acceptors (Lipinski definition) is 5. The highest BCUT2D eigenvalue weighted by Gasteiger charge is 2.57. The van der Waals surface area contributed by atoms with E-state index in [1.165, 1.54) is 11.1 Å². The number of pyridine rings is 1. The standard InChI is InChI=1S/C26H20Cl2FN3O5/c27-16-3-1-15(2-4-16)26(37-13-25(7-8-25)24(30)36)21-19(9-14(23(34)35)10-20(21)29)22(33)32(26)12-18-6-5-17(28)11-31-18/h1-6,9-11H,7-8,12-13H2,(H2,30,36)(H,34,35)/t26-/m1/s1. The molecule has 0 saturated heterocycles. The number of ether oxygens (including phenoxy) is 1. The molecule has 190 valence electrons. The summed E-state index contributed by atoms with van der Waals surface area (Å²) < 4.78 is 22.2. The molecule has 2 amide bonds. The number of carboxylic acids is 1. The molecule has 0 unspecified atom stereocenters. The maximum atomic E-state index is 15.8. The highest BCUT2D eigenvalue weighted by molar-refractivity contribution is 6.30. The zero-order chi connectivity index (χ0) is 26.5. The number of benzene rings is 2. The van der Waals surface area contributed by atoms with Crippen molar-refractivity contribution in [3.8, 4) is 0 Å². The van der Waals surface area contributed by atoms with Crippen molar-refractivity contribution in [3.05, 3.63) is 98.5 Å². The zero-order valence-corrected chi connectivity index (χ0v) is 20.7. The lowest BCUT2D eigenvalue weighted by atomic mass is 9.91. The minimum Gasteiger partial charge on any atom is -0.478 e. The summed E-state index contributed by atoms with van der Waals surface area (Å²) in [7, 11) is 0. The van der Waals surface area contributed by atoms with Crippen molar-refractivity contribution < 1.29 is 28.6 Å². The van der Waals surface area contributed by atoms with Gasteiger partial charge in [0.1, 0.15) is 5.82 Å². The number of hydrogen-bond donors (Lipinski definition) is 2. The van der Waals surface area contributed by atoms with Crippen LogP contribution in [0.25, 0.3) is 0 Å². The van der Waals surface area contributed by atoms with E-state index in [0.29, 0.717) is 34.1 Å². The smallest absolute Gasteiger partial charge is 0.335 e. The molecule has 1 aromatic heterocycles. The molecule has 1 saturated carbocycles. The Hall–Kier alpha value is -3.53. The van der Waals surface area contributed by atoms with E-state index in [1.54, 1.807) is 36.4 Å². The molecule has 0 spiro atoms. The van der Waals surface area contributed by atoms with Crippen molar-refractivity contribution in [1.82, 2.24) is 9.88 Å². The van der Waals surface area contributed by atoms with Gasteiger partial charge in [-0.25, -0.2) is 9.18 Å². The Morgan fingerprint density at radius 3 is 2.35 bits per heavy atom. The van der Waals surface area contributed by atoms with Crippen LogP contribution >= 0.6 is 23.2 Å². The van der Waals surface area contributed by atoms with Crippen molar-refractivity contribution in [2.75, 3.05) is 6.61 Å². The number of aromatic nitrogens is 1. The van der Waals surface area contributed by atoms with Crippen LogP contribution in [-0.4, -0.2) is 39.4 Å². The van der Waals surface area contributed by atoms with E-state index in [4.69, 9.17) is 33.7 Å². The Morgan fingerprint density at radius 1 is 1.11 bits per heavy atom. The lowest BCUT2D eigenvalue weighted by Gasteiger charge is -2.40. The van der Waals surface area contributed by atoms with Gasteiger partial charge in [0.05, 0.1) is 46.0 Å². The topological polar surface area (TPSA) is 123 Å². The molecule has 8 nitrogen and oxygen atoms in total. The van der Waals surface area contributed by atoms with E-state index in [1.807, 2.05) is 0 Å². The molecule has 3 aromatic rings. The van der Waals surface area contributed by atoms with E-state index in [-0.39, 0.29) is 24.3 Å². The molecule has 37 heavy (non-hydrogen) atoms. The van der Waals surface area contributed by atoms with Crippen LogP contribution in [0.2, 0.25) is 10.0 Å². The lowest BCUT2D eigenvalue weighted by molar-refractivity contribution is -0.142. The molecular formula is C26H20Cl2FN3O5.